The Labute approximate surface area is 272 Å². The van der Waals surface area contributed by atoms with Gasteiger partial charge in [0.05, 0.1) is 16.6 Å². The number of nitrogens with zero attached hydrogens (tertiary/aromatic N) is 2. The summed E-state index contributed by atoms with van der Waals surface area (Å²) in [6.45, 7) is 2.80. The van der Waals surface area contributed by atoms with E-state index in [1.807, 2.05) is 0 Å². The number of carbonyl (C=O) groups excluding carboxylic acids is 1. The summed E-state index contributed by atoms with van der Waals surface area (Å²) in [4.78, 5) is 37.3. The van der Waals surface area contributed by atoms with Crippen LogP contribution in [0.3, 0.4) is 0 Å². The van der Waals surface area contributed by atoms with Crippen LogP contribution in [-0.2, 0) is 30.9 Å². The van der Waals surface area contributed by atoms with Gasteiger partial charge in [0, 0.05) is 25.4 Å². The van der Waals surface area contributed by atoms with E-state index in [1.165, 1.54) is 17.7 Å². The number of primary amides is 1. The third-order valence-corrected chi connectivity index (χ3v) is 8.51. The Morgan fingerprint density at radius 2 is 1.52 bits per heavy atom. The molecule has 0 saturated carbocycles. The van der Waals surface area contributed by atoms with Crippen LogP contribution in [0.25, 0.3) is 32.8 Å². The fraction of sp³-hybridized carbons (Fsp3) is 0.250. The van der Waals surface area contributed by atoms with Crippen molar-refractivity contribution in [3.05, 3.63) is 117 Å². The second-order valence-electron chi connectivity index (χ2n) is 11.6. The van der Waals surface area contributed by atoms with Crippen molar-refractivity contribution in [1.29, 1.82) is 0 Å². The van der Waals surface area contributed by atoms with E-state index in [2.05, 4.69) is 4.90 Å². The van der Waals surface area contributed by atoms with Gasteiger partial charge >= 0.3 is 12.1 Å². The number of hydrogen-bond donors (Lipinski definition) is 2. The largest absolute Gasteiger partial charge is 0.481 e. The zero-order valence-electron chi connectivity index (χ0n) is 25.9. The molecule has 7 nitrogen and oxygen atoms in total. The minimum Gasteiger partial charge on any atom is -0.481 e. The van der Waals surface area contributed by atoms with E-state index in [1.54, 1.807) is 48.5 Å². The summed E-state index contributed by atoms with van der Waals surface area (Å²) in [5, 5.41) is 10.2. The van der Waals surface area contributed by atoms with Gasteiger partial charge in [0.25, 0.3) is 11.5 Å². The van der Waals surface area contributed by atoms with Gasteiger partial charge in [-0.3, -0.25) is 14.4 Å². The first-order valence-electron chi connectivity index (χ1n) is 15.2. The minimum absolute atomic E-state index is 0.00439. The number of rotatable bonds is 8. The van der Waals surface area contributed by atoms with Crippen molar-refractivity contribution >= 4 is 33.6 Å². The minimum atomic E-state index is -4.76. The molecule has 1 fully saturated rings. The molecule has 0 radical (unpaired) electrons. The molecule has 1 saturated heterocycles. The maximum absolute atomic E-state index is 14.8. The fourth-order valence-corrected chi connectivity index (χ4v) is 5.97. The topological polar surface area (TPSA) is 106 Å². The summed E-state index contributed by atoms with van der Waals surface area (Å²) in [5.41, 5.74) is 3.89. The molecule has 1 aromatic heterocycles. The molecule has 1 aliphatic rings. The molecule has 5 aromatic rings. The van der Waals surface area contributed by atoms with Crippen LogP contribution in [0.5, 0.6) is 0 Å². The van der Waals surface area contributed by atoms with Crippen molar-refractivity contribution in [3.8, 4) is 11.1 Å². The van der Waals surface area contributed by atoms with Crippen molar-refractivity contribution in [2.75, 3.05) is 19.6 Å². The number of alkyl halides is 3. The first-order chi connectivity index (χ1) is 22.8. The van der Waals surface area contributed by atoms with E-state index in [4.69, 9.17) is 10.8 Å². The monoisotopic (exact) mass is 665 g/mol. The van der Waals surface area contributed by atoms with E-state index in [9.17, 15) is 36.3 Å². The summed E-state index contributed by atoms with van der Waals surface area (Å²) in [6.07, 6.45) is -2.86. The van der Waals surface area contributed by atoms with E-state index >= 15 is 0 Å². The zero-order valence-corrected chi connectivity index (χ0v) is 25.9. The second kappa shape index (κ2) is 13.9. The maximum atomic E-state index is 14.8. The van der Waals surface area contributed by atoms with Crippen LogP contribution in [0.2, 0.25) is 0 Å². The smallest absolute Gasteiger partial charge is 0.417 e. The molecule has 6 rings (SSSR count). The number of hydrogen-bond acceptors (Lipinski definition) is 4. The third kappa shape index (κ3) is 7.08. The lowest BCUT2D eigenvalue weighted by molar-refractivity contribution is -0.137. The van der Waals surface area contributed by atoms with Crippen LogP contribution >= 0.6 is 0 Å². The van der Waals surface area contributed by atoms with Gasteiger partial charge in [-0.2, -0.15) is 13.2 Å². The van der Waals surface area contributed by atoms with Crippen molar-refractivity contribution in [2.24, 2.45) is 12.8 Å². The Balaban J connectivity index is 0.000000349. The highest BCUT2D eigenvalue weighted by Crippen LogP contribution is 2.42. The Kier molecular flexibility index (Phi) is 9.95. The lowest BCUT2D eigenvalue weighted by atomic mass is 9.90. The van der Waals surface area contributed by atoms with Crippen molar-refractivity contribution in [1.82, 2.24) is 9.47 Å². The molecule has 0 atom stereocenters. The highest BCUT2D eigenvalue weighted by molar-refractivity contribution is 6.01. The molecule has 48 heavy (non-hydrogen) atoms. The van der Waals surface area contributed by atoms with Crippen LogP contribution < -0.4 is 11.3 Å². The number of aromatic nitrogens is 1. The normalized spacial score (nSPS) is 13.2. The summed E-state index contributed by atoms with van der Waals surface area (Å²) < 4.78 is 70.7. The number of carboxylic acid groups (broad SMARTS) is 1. The predicted molar refractivity (Wildman–Crippen MR) is 173 cm³/mol. The Hall–Kier alpha value is -5.10. The Bertz CT molecular complexity index is 2070. The van der Waals surface area contributed by atoms with Crippen molar-refractivity contribution in [2.45, 2.75) is 31.9 Å². The molecule has 1 aliphatic heterocycles. The Morgan fingerprint density at radius 3 is 2.10 bits per heavy atom. The Morgan fingerprint density at radius 1 is 0.875 bits per heavy atom. The van der Waals surface area contributed by atoms with Gasteiger partial charge in [0.15, 0.2) is 0 Å². The van der Waals surface area contributed by atoms with E-state index < -0.39 is 46.4 Å². The number of halogens is 5. The van der Waals surface area contributed by atoms with Crippen LogP contribution in [0.1, 0.15) is 39.9 Å². The standard InChI is InChI=1S/C29H27F3N2O3.C7H5F2NO/c1-33-24-11-9-18(13-16-34-14-4-15-34)17-23(24)27(29(30,31)32)26(28(33)37)22-8-3-6-20-19(10-12-25(35)36)5-2-7-21(20)22;8-4-2-1-3-5(9)6(4)7(10)11/h2-3,5-9,11,17H,4,10,12-16H2,1H3,(H,35,36);1-3H,(H2,10,11). The van der Waals surface area contributed by atoms with Gasteiger partial charge in [-0.1, -0.05) is 48.5 Å². The fourth-order valence-electron chi connectivity index (χ4n) is 5.97. The average molecular weight is 666 g/mol. The summed E-state index contributed by atoms with van der Waals surface area (Å²) in [7, 11) is 1.50. The number of aliphatic carboxylic acids is 1. The van der Waals surface area contributed by atoms with E-state index in [0.717, 1.165) is 49.8 Å². The molecule has 0 spiro atoms. The molecule has 0 aliphatic carbocycles. The van der Waals surface area contributed by atoms with Gasteiger partial charge in [0.1, 0.15) is 17.2 Å². The summed E-state index contributed by atoms with van der Waals surface area (Å²) in [5.74, 6) is -3.92. The molecule has 3 N–H and O–H groups in total. The number of nitrogens with two attached hydrogens (primary N) is 1. The van der Waals surface area contributed by atoms with E-state index in [0.29, 0.717) is 22.8 Å². The molecule has 2 heterocycles. The number of amides is 1. The third-order valence-electron chi connectivity index (χ3n) is 8.51. The lowest BCUT2D eigenvalue weighted by Crippen LogP contribution is -2.38. The summed E-state index contributed by atoms with van der Waals surface area (Å²) >= 11 is 0. The van der Waals surface area contributed by atoms with Gasteiger partial charge in [-0.15, -0.1) is 0 Å². The SMILES string of the molecule is Cn1c(=O)c(-c2cccc3c(CCC(=O)O)cccc23)c(C(F)(F)F)c2cc(CCN3CCC3)ccc21.NC(=O)c1c(F)cccc1F. The van der Waals surface area contributed by atoms with Gasteiger partial charge in [0.2, 0.25) is 0 Å². The average Bonchev–Trinajstić information content (AvgIpc) is 3.00. The number of carboxylic acids is 1. The molecule has 0 unspecified atom stereocenters. The van der Waals surface area contributed by atoms with Gasteiger partial charge < -0.3 is 20.3 Å². The molecular formula is C36H32F5N3O4. The summed E-state index contributed by atoms with van der Waals surface area (Å²) in [6, 6.07) is 18.1. The zero-order chi connectivity index (χ0) is 34.7. The number of aryl methyl sites for hydroxylation is 2. The lowest BCUT2D eigenvalue weighted by Gasteiger charge is -2.30. The highest BCUT2D eigenvalue weighted by atomic mass is 19.4. The molecular weight excluding hydrogens is 633 g/mol. The van der Waals surface area contributed by atoms with E-state index in [-0.39, 0.29) is 34.9 Å². The molecule has 12 heteroatoms. The number of benzene rings is 4. The van der Waals surface area contributed by atoms with Crippen molar-refractivity contribution in [3.63, 3.8) is 0 Å². The first-order valence-corrected chi connectivity index (χ1v) is 15.2. The maximum Gasteiger partial charge on any atom is 0.417 e. The van der Waals surface area contributed by atoms with Crippen LogP contribution in [0.15, 0.2) is 77.6 Å². The first kappa shape index (κ1) is 34.2. The van der Waals surface area contributed by atoms with Gasteiger partial charge in [-0.05, 0) is 84.1 Å². The molecule has 1 amide bonds. The highest BCUT2D eigenvalue weighted by Gasteiger charge is 2.38. The predicted octanol–water partition coefficient (Wildman–Crippen LogP) is 6.71. The van der Waals surface area contributed by atoms with Gasteiger partial charge in [-0.25, -0.2) is 8.78 Å². The van der Waals surface area contributed by atoms with Crippen LogP contribution in [0.4, 0.5) is 22.0 Å². The molecule has 0 bridgehead atoms. The van der Waals surface area contributed by atoms with Crippen LogP contribution in [-0.4, -0.2) is 46.1 Å². The number of fused-ring (bicyclic) bond motifs is 2. The quantitative estimate of drug-likeness (QED) is 0.180. The molecule has 4 aromatic carbocycles. The molecule has 250 valence electrons. The number of carbonyl (C=O) groups is 2. The number of pyridine rings is 1. The van der Waals surface area contributed by atoms with Crippen LogP contribution in [0, 0.1) is 11.6 Å². The second-order valence-corrected chi connectivity index (χ2v) is 11.6. The number of likely N-dealkylation sites (tertiary alicyclic amines) is 1. The van der Waals surface area contributed by atoms with Crippen molar-refractivity contribution < 1.29 is 36.6 Å².